The van der Waals surface area contributed by atoms with Crippen LogP contribution in [0.5, 0.6) is 0 Å². The predicted molar refractivity (Wildman–Crippen MR) is 76.9 cm³/mol. The first-order chi connectivity index (χ1) is 8.55. The Morgan fingerprint density at radius 3 is 2.50 bits per heavy atom. The SMILES string of the molecule is CC(C)(C)c1ccc(CCC2CCNCC2)nc1. The fourth-order valence-electron chi connectivity index (χ4n) is 2.54. The number of piperidine rings is 1. The largest absolute Gasteiger partial charge is 0.317 e. The quantitative estimate of drug-likeness (QED) is 0.885. The highest BCUT2D eigenvalue weighted by Crippen LogP contribution is 2.22. The monoisotopic (exact) mass is 246 g/mol. The molecule has 0 bridgehead atoms. The Morgan fingerprint density at radius 2 is 1.94 bits per heavy atom. The number of pyridine rings is 1. The molecule has 1 aliphatic heterocycles. The number of hydrogen-bond donors (Lipinski definition) is 1. The first-order valence-electron chi connectivity index (χ1n) is 7.22. The lowest BCUT2D eigenvalue weighted by Crippen LogP contribution is -2.27. The molecule has 0 aliphatic carbocycles. The van der Waals surface area contributed by atoms with E-state index in [1.165, 1.54) is 43.6 Å². The van der Waals surface area contributed by atoms with Crippen molar-refractivity contribution in [2.75, 3.05) is 13.1 Å². The summed E-state index contributed by atoms with van der Waals surface area (Å²) in [5.74, 6) is 0.898. The van der Waals surface area contributed by atoms with Crippen LogP contribution in [0.1, 0.15) is 51.3 Å². The average molecular weight is 246 g/mol. The highest BCUT2D eigenvalue weighted by Gasteiger charge is 2.15. The molecule has 1 N–H and O–H groups in total. The van der Waals surface area contributed by atoms with Crippen LogP contribution in [-0.4, -0.2) is 18.1 Å². The molecule has 2 nitrogen and oxygen atoms in total. The van der Waals surface area contributed by atoms with E-state index in [1.807, 2.05) is 0 Å². The van der Waals surface area contributed by atoms with Crippen molar-refractivity contribution in [3.63, 3.8) is 0 Å². The Balaban J connectivity index is 1.86. The van der Waals surface area contributed by atoms with Crippen LogP contribution in [0.3, 0.4) is 0 Å². The van der Waals surface area contributed by atoms with E-state index in [0.717, 1.165) is 12.3 Å². The molecule has 1 saturated heterocycles. The molecule has 1 fully saturated rings. The summed E-state index contributed by atoms with van der Waals surface area (Å²) >= 11 is 0. The van der Waals surface area contributed by atoms with Crippen LogP contribution >= 0.6 is 0 Å². The molecule has 0 atom stereocenters. The molecular formula is C16H26N2. The second kappa shape index (κ2) is 5.83. The van der Waals surface area contributed by atoms with Crippen LogP contribution in [-0.2, 0) is 11.8 Å². The summed E-state index contributed by atoms with van der Waals surface area (Å²) in [5.41, 5.74) is 2.79. The zero-order valence-electron chi connectivity index (χ0n) is 12.0. The molecule has 0 aromatic carbocycles. The maximum absolute atomic E-state index is 4.61. The van der Waals surface area contributed by atoms with E-state index < -0.39 is 0 Å². The molecular weight excluding hydrogens is 220 g/mol. The molecule has 0 spiro atoms. The fourth-order valence-corrected chi connectivity index (χ4v) is 2.54. The molecule has 0 unspecified atom stereocenters. The van der Waals surface area contributed by atoms with Crippen molar-refractivity contribution in [2.45, 2.75) is 51.9 Å². The van der Waals surface area contributed by atoms with E-state index in [-0.39, 0.29) is 5.41 Å². The molecule has 2 heterocycles. The van der Waals surface area contributed by atoms with Gasteiger partial charge in [-0.05, 0) is 61.7 Å². The number of aromatic nitrogens is 1. The number of aryl methyl sites for hydroxylation is 1. The van der Waals surface area contributed by atoms with Gasteiger partial charge in [-0.2, -0.15) is 0 Å². The summed E-state index contributed by atoms with van der Waals surface area (Å²) < 4.78 is 0. The van der Waals surface area contributed by atoms with Gasteiger partial charge in [0.2, 0.25) is 0 Å². The number of hydrogen-bond acceptors (Lipinski definition) is 2. The van der Waals surface area contributed by atoms with Gasteiger partial charge < -0.3 is 5.32 Å². The Kier molecular flexibility index (Phi) is 4.39. The van der Waals surface area contributed by atoms with Gasteiger partial charge in [-0.3, -0.25) is 4.98 Å². The van der Waals surface area contributed by atoms with Crippen LogP contribution in [0.25, 0.3) is 0 Å². The van der Waals surface area contributed by atoms with E-state index in [2.05, 4.69) is 49.4 Å². The molecule has 1 aromatic heterocycles. The molecule has 2 rings (SSSR count). The minimum Gasteiger partial charge on any atom is -0.317 e. The van der Waals surface area contributed by atoms with Crippen molar-refractivity contribution in [2.24, 2.45) is 5.92 Å². The number of nitrogens with one attached hydrogen (secondary N) is 1. The molecule has 1 aromatic rings. The topological polar surface area (TPSA) is 24.9 Å². The van der Waals surface area contributed by atoms with Crippen LogP contribution < -0.4 is 5.32 Å². The van der Waals surface area contributed by atoms with Crippen molar-refractivity contribution in [3.8, 4) is 0 Å². The van der Waals surface area contributed by atoms with Gasteiger partial charge >= 0.3 is 0 Å². The molecule has 18 heavy (non-hydrogen) atoms. The maximum atomic E-state index is 4.61. The van der Waals surface area contributed by atoms with Gasteiger partial charge in [0.25, 0.3) is 0 Å². The van der Waals surface area contributed by atoms with Crippen molar-refractivity contribution in [1.29, 1.82) is 0 Å². The Bertz CT molecular complexity index is 356. The van der Waals surface area contributed by atoms with E-state index in [0.29, 0.717) is 0 Å². The first kappa shape index (κ1) is 13.5. The highest BCUT2D eigenvalue weighted by atomic mass is 14.9. The van der Waals surface area contributed by atoms with Gasteiger partial charge in [0.15, 0.2) is 0 Å². The molecule has 0 saturated carbocycles. The first-order valence-corrected chi connectivity index (χ1v) is 7.22. The lowest BCUT2D eigenvalue weighted by atomic mass is 9.88. The third-order valence-electron chi connectivity index (χ3n) is 3.96. The summed E-state index contributed by atoms with van der Waals surface area (Å²) in [5, 5.41) is 3.42. The molecule has 0 amide bonds. The van der Waals surface area contributed by atoms with E-state index in [4.69, 9.17) is 0 Å². The molecule has 0 radical (unpaired) electrons. The minimum absolute atomic E-state index is 0.209. The molecule has 100 valence electrons. The Morgan fingerprint density at radius 1 is 1.22 bits per heavy atom. The smallest absolute Gasteiger partial charge is 0.0403 e. The van der Waals surface area contributed by atoms with E-state index in [9.17, 15) is 0 Å². The summed E-state index contributed by atoms with van der Waals surface area (Å²) in [7, 11) is 0. The van der Waals surface area contributed by atoms with Crippen molar-refractivity contribution in [1.82, 2.24) is 10.3 Å². The summed E-state index contributed by atoms with van der Waals surface area (Å²) in [4.78, 5) is 4.61. The van der Waals surface area contributed by atoms with Crippen LogP contribution in [0.4, 0.5) is 0 Å². The standard InChI is InChI=1S/C16H26N2/c1-16(2,3)14-5-7-15(18-12-14)6-4-13-8-10-17-11-9-13/h5,7,12-13,17H,4,6,8-11H2,1-3H3. The average Bonchev–Trinajstić information content (AvgIpc) is 2.37. The fraction of sp³-hybridized carbons (Fsp3) is 0.688. The summed E-state index contributed by atoms with van der Waals surface area (Å²) in [6.07, 6.45) is 7.15. The Hall–Kier alpha value is -0.890. The molecule has 1 aliphatic rings. The second-order valence-electron chi connectivity index (χ2n) is 6.52. The normalized spacial score (nSPS) is 17.9. The zero-order valence-corrected chi connectivity index (χ0v) is 12.0. The predicted octanol–water partition coefficient (Wildman–Crippen LogP) is 3.31. The van der Waals surface area contributed by atoms with Crippen LogP contribution in [0, 0.1) is 5.92 Å². The third-order valence-corrected chi connectivity index (χ3v) is 3.96. The van der Waals surface area contributed by atoms with E-state index in [1.54, 1.807) is 0 Å². The second-order valence-corrected chi connectivity index (χ2v) is 6.52. The van der Waals surface area contributed by atoms with Gasteiger partial charge in [-0.1, -0.05) is 26.8 Å². The number of rotatable bonds is 3. The zero-order chi connectivity index (χ0) is 13.0. The highest BCUT2D eigenvalue weighted by molar-refractivity contribution is 5.21. The lowest BCUT2D eigenvalue weighted by Gasteiger charge is -2.22. The van der Waals surface area contributed by atoms with Gasteiger partial charge in [-0.15, -0.1) is 0 Å². The summed E-state index contributed by atoms with van der Waals surface area (Å²) in [6, 6.07) is 4.45. The van der Waals surface area contributed by atoms with Crippen LogP contribution in [0.2, 0.25) is 0 Å². The van der Waals surface area contributed by atoms with Gasteiger partial charge in [0, 0.05) is 11.9 Å². The lowest BCUT2D eigenvalue weighted by molar-refractivity contribution is 0.353. The van der Waals surface area contributed by atoms with E-state index >= 15 is 0 Å². The Labute approximate surface area is 111 Å². The van der Waals surface area contributed by atoms with Gasteiger partial charge in [-0.25, -0.2) is 0 Å². The number of nitrogens with zero attached hydrogens (tertiary/aromatic N) is 1. The van der Waals surface area contributed by atoms with Crippen molar-refractivity contribution >= 4 is 0 Å². The van der Waals surface area contributed by atoms with Crippen molar-refractivity contribution in [3.05, 3.63) is 29.6 Å². The maximum Gasteiger partial charge on any atom is 0.0403 e. The van der Waals surface area contributed by atoms with Gasteiger partial charge in [0.05, 0.1) is 0 Å². The van der Waals surface area contributed by atoms with Crippen molar-refractivity contribution < 1.29 is 0 Å². The minimum atomic E-state index is 0.209. The van der Waals surface area contributed by atoms with Crippen LogP contribution in [0.15, 0.2) is 18.3 Å². The summed E-state index contributed by atoms with van der Waals surface area (Å²) in [6.45, 7) is 9.10. The van der Waals surface area contributed by atoms with Gasteiger partial charge in [0.1, 0.15) is 0 Å². The molecule has 2 heteroatoms. The third kappa shape index (κ3) is 3.81.